The third kappa shape index (κ3) is 5.92. The molecule has 1 fully saturated rings. The quantitative estimate of drug-likeness (QED) is 0.491. The van der Waals surface area contributed by atoms with Crippen LogP contribution in [-0.4, -0.2) is 57.6 Å². The van der Waals surface area contributed by atoms with Crippen LogP contribution in [0.5, 0.6) is 0 Å². The Morgan fingerprint density at radius 1 is 0.844 bits per heavy atom. The maximum Gasteiger partial charge on any atom is 0.251 e. The summed E-state index contributed by atoms with van der Waals surface area (Å²) in [7, 11) is -0.680. The van der Waals surface area contributed by atoms with Crippen LogP contribution in [0.25, 0.3) is 0 Å². The lowest BCUT2D eigenvalue weighted by molar-refractivity contribution is -0.117. The Hall–Kier alpha value is -3.24. The number of benzene rings is 2. The van der Waals surface area contributed by atoms with Gasteiger partial charge in [0.05, 0.1) is 4.90 Å². The minimum Gasteiger partial charge on any atom is -0.350 e. The zero-order valence-corrected chi connectivity index (χ0v) is 18.7. The van der Waals surface area contributed by atoms with E-state index in [-0.39, 0.29) is 41.6 Å². The number of carbonyl (C=O) groups is 3. The van der Waals surface area contributed by atoms with Gasteiger partial charge >= 0.3 is 0 Å². The van der Waals surface area contributed by atoms with Crippen LogP contribution in [0.3, 0.4) is 0 Å². The molecule has 0 unspecified atom stereocenters. The summed E-state index contributed by atoms with van der Waals surface area (Å²) in [4.78, 5) is 36.3. The zero-order valence-electron chi connectivity index (χ0n) is 17.9. The summed E-state index contributed by atoms with van der Waals surface area (Å²) < 4.78 is 25.2. The number of rotatable bonds is 9. The largest absolute Gasteiger partial charge is 0.350 e. The van der Waals surface area contributed by atoms with Crippen LogP contribution >= 0.6 is 0 Å². The van der Waals surface area contributed by atoms with Crippen LogP contribution < -0.4 is 16.0 Å². The zero-order chi connectivity index (χ0) is 23.3. The van der Waals surface area contributed by atoms with Crippen molar-refractivity contribution >= 4 is 33.4 Å². The lowest BCUT2D eigenvalue weighted by Gasteiger charge is -2.12. The van der Waals surface area contributed by atoms with Gasteiger partial charge in [0.2, 0.25) is 15.9 Å². The van der Waals surface area contributed by atoms with Crippen molar-refractivity contribution < 1.29 is 22.8 Å². The Bertz CT molecular complexity index is 1090. The number of carbonyl (C=O) groups excluding carboxylic acids is 3. The number of amides is 3. The van der Waals surface area contributed by atoms with E-state index in [1.165, 1.54) is 38.4 Å². The monoisotopic (exact) mass is 458 g/mol. The second-order valence-electron chi connectivity index (χ2n) is 7.66. The first-order valence-corrected chi connectivity index (χ1v) is 11.6. The second kappa shape index (κ2) is 9.92. The smallest absolute Gasteiger partial charge is 0.251 e. The Labute approximate surface area is 187 Å². The van der Waals surface area contributed by atoms with E-state index >= 15 is 0 Å². The van der Waals surface area contributed by atoms with Crippen molar-refractivity contribution in [3.8, 4) is 0 Å². The van der Waals surface area contributed by atoms with E-state index in [1.54, 1.807) is 24.3 Å². The molecule has 0 aliphatic heterocycles. The molecule has 170 valence electrons. The van der Waals surface area contributed by atoms with E-state index in [0.717, 1.165) is 17.1 Å². The summed E-state index contributed by atoms with van der Waals surface area (Å²) in [5.74, 6) is -0.550. The number of sulfonamides is 1. The third-order valence-corrected chi connectivity index (χ3v) is 6.78. The average molecular weight is 459 g/mol. The highest BCUT2D eigenvalue weighted by Gasteiger charge is 2.29. The Balaban J connectivity index is 1.43. The standard InChI is InChI=1S/C22H26N4O5S/c1-26(2)32(30,31)19-11-7-16(8-12-19)21(28)24-14-13-23-20(27)15-5-9-18(10-6-15)25-22(29)17-3-4-17/h5-12,17H,3-4,13-14H2,1-2H3,(H,23,27)(H,24,28)(H,25,29). The summed E-state index contributed by atoms with van der Waals surface area (Å²) in [6.45, 7) is 0.426. The minimum absolute atomic E-state index is 0.00640. The van der Waals surface area contributed by atoms with Crippen molar-refractivity contribution in [2.24, 2.45) is 5.92 Å². The van der Waals surface area contributed by atoms with Crippen LogP contribution in [0.1, 0.15) is 33.6 Å². The fourth-order valence-corrected chi connectivity index (χ4v) is 3.74. The highest BCUT2D eigenvalue weighted by atomic mass is 32.2. The van der Waals surface area contributed by atoms with E-state index in [4.69, 9.17) is 0 Å². The van der Waals surface area contributed by atoms with Gasteiger partial charge < -0.3 is 16.0 Å². The molecule has 0 spiro atoms. The molecule has 0 bridgehead atoms. The molecule has 2 aromatic rings. The minimum atomic E-state index is -3.55. The van der Waals surface area contributed by atoms with Gasteiger partial charge in [-0.1, -0.05) is 0 Å². The average Bonchev–Trinajstić information content (AvgIpc) is 3.62. The van der Waals surface area contributed by atoms with Crippen molar-refractivity contribution in [2.45, 2.75) is 17.7 Å². The van der Waals surface area contributed by atoms with E-state index in [2.05, 4.69) is 16.0 Å². The molecule has 32 heavy (non-hydrogen) atoms. The van der Waals surface area contributed by atoms with Gasteiger partial charge in [0.1, 0.15) is 0 Å². The maximum atomic E-state index is 12.2. The van der Waals surface area contributed by atoms with Crippen molar-refractivity contribution in [1.82, 2.24) is 14.9 Å². The molecule has 10 heteroatoms. The second-order valence-corrected chi connectivity index (χ2v) is 9.82. The summed E-state index contributed by atoms with van der Waals surface area (Å²) in [5.41, 5.74) is 1.41. The number of nitrogens with zero attached hydrogens (tertiary/aromatic N) is 1. The molecule has 1 saturated carbocycles. The van der Waals surface area contributed by atoms with Gasteiger partial charge in [0, 0.05) is 49.9 Å². The van der Waals surface area contributed by atoms with E-state index in [1.807, 2.05) is 0 Å². The van der Waals surface area contributed by atoms with Gasteiger partial charge in [-0.2, -0.15) is 0 Å². The van der Waals surface area contributed by atoms with E-state index < -0.39 is 10.0 Å². The summed E-state index contributed by atoms with van der Waals surface area (Å²) in [5, 5.41) is 8.20. The maximum absolute atomic E-state index is 12.2. The van der Waals surface area contributed by atoms with Crippen LogP contribution in [-0.2, 0) is 14.8 Å². The highest BCUT2D eigenvalue weighted by molar-refractivity contribution is 7.89. The summed E-state index contributed by atoms with van der Waals surface area (Å²) in [6.07, 6.45) is 1.85. The molecular weight excluding hydrogens is 432 g/mol. The lowest BCUT2D eigenvalue weighted by atomic mass is 10.2. The summed E-state index contributed by atoms with van der Waals surface area (Å²) in [6, 6.07) is 12.2. The fourth-order valence-electron chi connectivity index (χ4n) is 2.84. The number of hydrogen-bond acceptors (Lipinski definition) is 5. The molecule has 2 aromatic carbocycles. The molecule has 0 heterocycles. The normalized spacial score (nSPS) is 13.5. The van der Waals surface area contributed by atoms with Crippen molar-refractivity contribution in [3.05, 3.63) is 59.7 Å². The number of nitrogens with one attached hydrogen (secondary N) is 3. The van der Waals surface area contributed by atoms with Crippen LogP contribution in [0.2, 0.25) is 0 Å². The first-order chi connectivity index (χ1) is 15.2. The lowest BCUT2D eigenvalue weighted by Crippen LogP contribution is -2.34. The van der Waals surface area contributed by atoms with Gasteiger partial charge in [0.15, 0.2) is 0 Å². The molecule has 0 radical (unpaired) electrons. The predicted octanol–water partition coefficient (Wildman–Crippen LogP) is 1.45. The van der Waals surface area contributed by atoms with Crippen LogP contribution in [0.4, 0.5) is 5.69 Å². The topological polar surface area (TPSA) is 125 Å². The molecule has 3 N–H and O–H groups in total. The molecule has 0 atom stereocenters. The van der Waals surface area contributed by atoms with E-state index in [0.29, 0.717) is 16.8 Å². The van der Waals surface area contributed by atoms with Crippen LogP contribution in [0, 0.1) is 5.92 Å². The Kier molecular flexibility index (Phi) is 7.26. The number of anilines is 1. The van der Waals surface area contributed by atoms with Crippen molar-refractivity contribution in [1.29, 1.82) is 0 Å². The molecule has 3 amide bonds. The Morgan fingerprint density at radius 2 is 1.31 bits per heavy atom. The van der Waals surface area contributed by atoms with E-state index in [9.17, 15) is 22.8 Å². The Morgan fingerprint density at radius 3 is 1.75 bits per heavy atom. The molecule has 1 aliphatic carbocycles. The first-order valence-electron chi connectivity index (χ1n) is 10.2. The van der Waals surface area contributed by atoms with Crippen LogP contribution in [0.15, 0.2) is 53.4 Å². The SMILES string of the molecule is CN(C)S(=O)(=O)c1ccc(C(=O)NCCNC(=O)c2ccc(NC(=O)C3CC3)cc2)cc1. The molecule has 3 rings (SSSR count). The molecule has 1 aliphatic rings. The molecule has 0 saturated heterocycles. The highest BCUT2D eigenvalue weighted by Crippen LogP contribution is 2.30. The predicted molar refractivity (Wildman–Crippen MR) is 120 cm³/mol. The van der Waals surface area contributed by atoms with Gasteiger partial charge in [-0.15, -0.1) is 0 Å². The van der Waals surface area contributed by atoms with Gasteiger partial charge in [-0.05, 0) is 61.4 Å². The molecule has 0 aromatic heterocycles. The third-order valence-electron chi connectivity index (χ3n) is 4.95. The van der Waals surface area contributed by atoms with Crippen molar-refractivity contribution in [2.75, 3.05) is 32.5 Å². The van der Waals surface area contributed by atoms with Crippen molar-refractivity contribution in [3.63, 3.8) is 0 Å². The van der Waals surface area contributed by atoms with Gasteiger partial charge in [-0.25, -0.2) is 12.7 Å². The first kappa shape index (κ1) is 23.4. The van der Waals surface area contributed by atoms with Gasteiger partial charge in [0.25, 0.3) is 11.8 Å². The summed E-state index contributed by atoms with van der Waals surface area (Å²) >= 11 is 0. The van der Waals surface area contributed by atoms with Gasteiger partial charge in [-0.3, -0.25) is 14.4 Å². The molecule has 9 nitrogen and oxygen atoms in total. The number of hydrogen-bond donors (Lipinski definition) is 3. The fraction of sp³-hybridized carbons (Fsp3) is 0.318. The molecular formula is C22H26N4O5S.